The number of amides is 1. The third-order valence-electron chi connectivity index (χ3n) is 5.60. The number of para-hydroxylation sites is 2. The molecule has 0 radical (unpaired) electrons. The SMILES string of the molecule is COc1ccccc1Oc1nc2ccccn2c(=O)c1/C=C(\C#N)C(=O)NC1CCCCC1. The molecule has 2 aromatic heterocycles. The van der Waals surface area contributed by atoms with Crippen LogP contribution >= 0.6 is 0 Å². The van der Waals surface area contributed by atoms with Crippen LogP contribution in [0, 0.1) is 11.3 Å². The van der Waals surface area contributed by atoms with E-state index in [0.717, 1.165) is 32.1 Å². The van der Waals surface area contributed by atoms with Gasteiger partial charge in [0, 0.05) is 12.2 Å². The minimum absolute atomic E-state index is 0.0000460. The number of benzene rings is 1. The summed E-state index contributed by atoms with van der Waals surface area (Å²) in [5.74, 6) is 0.282. The summed E-state index contributed by atoms with van der Waals surface area (Å²) in [6.45, 7) is 0. The molecule has 0 bridgehead atoms. The second kappa shape index (κ2) is 10.0. The lowest BCUT2D eigenvalue weighted by atomic mass is 9.95. The number of aromatic nitrogens is 2. The largest absolute Gasteiger partial charge is 0.493 e. The number of pyridine rings is 1. The van der Waals surface area contributed by atoms with Gasteiger partial charge in [0.1, 0.15) is 22.9 Å². The molecule has 8 nitrogen and oxygen atoms in total. The van der Waals surface area contributed by atoms with Gasteiger partial charge in [-0.1, -0.05) is 37.5 Å². The van der Waals surface area contributed by atoms with Crippen LogP contribution in [-0.2, 0) is 4.79 Å². The van der Waals surface area contributed by atoms with E-state index in [-0.39, 0.29) is 23.1 Å². The van der Waals surface area contributed by atoms with E-state index in [1.54, 1.807) is 48.7 Å². The van der Waals surface area contributed by atoms with Crippen LogP contribution in [0.25, 0.3) is 11.7 Å². The van der Waals surface area contributed by atoms with Gasteiger partial charge in [0.25, 0.3) is 11.5 Å². The van der Waals surface area contributed by atoms with Gasteiger partial charge in [-0.05, 0) is 43.2 Å². The van der Waals surface area contributed by atoms with Crippen molar-refractivity contribution in [3.63, 3.8) is 0 Å². The van der Waals surface area contributed by atoms with Crippen LogP contribution in [0.4, 0.5) is 0 Å². The van der Waals surface area contributed by atoms with E-state index in [1.165, 1.54) is 17.6 Å². The van der Waals surface area contributed by atoms with Gasteiger partial charge in [-0.3, -0.25) is 14.0 Å². The van der Waals surface area contributed by atoms with Gasteiger partial charge in [-0.15, -0.1) is 0 Å². The van der Waals surface area contributed by atoms with E-state index in [0.29, 0.717) is 17.1 Å². The standard InChI is InChI=1S/C25H24N4O4/c1-32-20-11-5-6-12-21(20)33-24-19(25(31)29-14-8-7-13-22(29)28-24)15-17(16-26)23(30)27-18-9-3-2-4-10-18/h5-8,11-15,18H,2-4,9-10H2,1H3,(H,27,30)/b17-15+. The molecular formula is C25H24N4O4. The van der Waals surface area contributed by atoms with Crippen LogP contribution < -0.4 is 20.3 Å². The summed E-state index contributed by atoms with van der Waals surface area (Å²) in [5.41, 5.74) is -0.265. The van der Waals surface area contributed by atoms with Crippen LogP contribution in [0.15, 0.2) is 59.0 Å². The Labute approximate surface area is 191 Å². The van der Waals surface area contributed by atoms with Crippen LogP contribution in [0.2, 0.25) is 0 Å². The molecule has 0 saturated heterocycles. The number of hydrogen-bond acceptors (Lipinski definition) is 6. The van der Waals surface area contributed by atoms with Crippen LogP contribution in [0.3, 0.4) is 0 Å². The summed E-state index contributed by atoms with van der Waals surface area (Å²) in [6, 6.07) is 14.0. The topological polar surface area (TPSA) is 106 Å². The Balaban J connectivity index is 1.78. The van der Waals surface area contributed by atoms with Crippen molar-refractivity contribution in [2.45, 2.75) is 38.1 Å². The minimum atomic E-state index is -0.509. The zero-order valence-corrected chi connectivity index (χ0v) is 18.3. The maximum absolute atomic E-state index is 13.3. The molecule has 168 valence electrons. The number of nitrogens with zero attached hydrogens (tertiary/aromatic N) is 3. The van der Waals surface area contributed by atoms with Crippen LogP contribution in [-0.4, -0.2) is 28.4 Å². The Morgan fingerprint density at radius 1 is 1.15 bits per heavy atom. The summed E-state index contributed by atoms with van der Waals surface area (Å²) in [5, 5.41) is 12.6. The summed E-state index contributed by atoms with van der Waals surface area (Å²) in [4.78, 5) is 30.6. The monoisotopic (exact) mass is 444 g/mol. The molecule has 4 rings (SSSR count). The molecule has 33 heavy (non-hydrogen) atoms. The average molecular weight is 444 g/mol. The first-order valence-corrected chi connectivity index (χ1v) is 10.9. The first-order chi connectivity index (χ1) is 16.1. The number of ether oxygens (including phenoxy) is 2. The Morgan fingerprint density at radius 3 is 2.61 bits per heavy atom. The van der Waals surface area contributed by atoms with Crippen molar-refractivity contribution in [2.24, 2.45) is 0 Å². The zero-order valence-electron chi connectivity index (χ0n) is 18.3. The fourth-order valence-electron chi connectivity index (χ4n) is 3.89. The van der Waals surface area contributed by atoms with Crippen molar-refractivity contribution >= 4 is 17.6 Å². The van der Waals surface area contributed by atoms with E-state index in [1.807, 2.05) is 6.07 Å². The number of nitriles is 1. The molecule has 1 amide bonds. The van der Waals surface area contributed by atoms with Gasteiger partial charge in [-0.25, -0.2) is 0 Å². The summed E-state index contributed by atoms with van der Waals surface area (Å²) >= 11 is 0. The van der Waals surface area contributed by atoms with E-state index in [9.17, 15) is 14.9 Å². The Morgan fingerprint density at radius 2 is 1.88 bits per heavy atom. The second-order valence-corrected chi connectivity index (χ2v) is 7.80. The predicted octanol–water partition coefficient (Wildman–Crippen LogP) is 3.85. The van der Waals surface area contributed by atoms with E-state index < -0.39 is 11.5 Å². The molecule has 1 aromatic carbocycles. The quantitative estimate of drug-likeness (QED) is 0.457. The normalized spacial score (nSPS) is 14.5. The van der Waals surface area contributed by atoms with E-state index >= 15 is 0 Å². The number of carbonyl (C=O) groups excluding carboxylic acids is 1. The molecule has 2 heterocycles. The highest BCUT2D eigenvalue weighted by Crippen LogP contribution is 2.31. The summed E-state index contributed by atoms with van der Waals surface area (Å²) in [7, 11) is 1.51. The van der Waals surface area contributed by atoms with Crippen molar-refractivity contribution in [3.05, 3.63) is 70.2 Å². The maximum Gasteiger partial charge on any atom is 0.269 e. The number of fused-ring (bicyclic) bond motifs is 1. The Bertz CT molecular complexity index is 1300. The van der Waals surface area contributed by atoms with Gasteiger partial charge in [-0.2, -0.15) is 10.2 Å². The number of methoxy groups -OCH3 is 1. The maximum atomic E-state index is 13.3. The molecule has 0 spiro atoms. The fourth-order valence-corrected chi connectivity index (χ4v) is 3.89. The zero-order chi connectivity index (χ0) is 23.2. The smallest absolute Gasteiger partial charge is 0.269 e. The third-order valence-corrected chi connectivity index (χ3v) is 5.60. The molecule has 1 aliphatic carbocycles. The molecule has 1 N–H and O–H groups in total. The molecule has 0 aliphatic heterocycles. The molecule has 0 atom stereocenters. The van der Waals surface area contributed by atoms with Crippen LogP contribution in [0.1, 0.15) is 37.7 Å². The molecule has 1 aliphatic rings. The number of nitrogens with one attached hydrogen (secondary N) is 1. The Hall–Kier alpha value is -4.12. The van der Waals surface area contributed by atoms with Gasteiger partial charge >= 0.3 is 0 Å². The van der Waals surface area contributed by atoms with Crippen molar-refractivity contribution < 1.29 is 14.3 Å². The second-order valence-electron chi connectivity index (χ2n) is 7.80. The van der Waals surface area contributed by atoms with Gasteiger partial charge in [0.05, 0.1) is 7.11 Å². The molecule has 1 saturated carbocycles. The van der Waals surface area contributed by atoms with Gasteiger partial charge in [0.15, 0.2) is 11.5 Å². The van der Waals surface area contributed by atoms with Crippen molar-refractivity contribution in [3.8, 4) is 23.4 Å². The van der Waals surface area contributed by atoms with Crippen LogP contribution in [0.5, 0.6) is 17.4 Å². The highest BCUT2D eigenvalue weighted by molar-refractivity contribution is 6.02. The number of carbonyl (C=O) groups is 1. The third kappa shape index (κ3) is 4.88. The summed E-state index contributed by atoms with van der Waals surface area (Å²) in [6.07, 6.45) is 7.82. The number of hydrogen-bond donors (Lipinski definition) is 1. The first kappa shape index (κ1) is 22.1. The first-order valence-electron chi connectivity index (χ1n) is 10.9. The lowest BCUT2D eigenvalue weighted by Gasteiger charge is -2.22. The molecular weight excluding hydrogens is 420 g/mol. The molecule has 1 fully saturated rings. The predicted molar refractivity (Wildman–Crippen MR) is 123 cm³/mol. The average Bonchev–Trinajstić information content (AvgIpc) is 2.85. The lowest BCUT2D eigenvalue weighted by Crippen LogP contribution is -2.36. The number of rotatable bonds is 6. The Kier molecular flexibility index (Phi) is 6.69. The molecule has 3 aromatic rings. The highest BCUT2D eigenvalue weighted by atomic mass is 16.5. The van der Waals surface area contributed by atoms with E-state index in [4.69, 9.17) is 9.47 Å². The molecule has 8 heteroatoms. The fraction of sp³-hybridized carbons (Fsp3) is 0.280. The summed E-state index contributed by atoms with van der Waals surface area (Å²) < 4.78 is 12.6. The highest BCUT2D eigenvalue weighted by Gasteiger charge is 2.21. The minimum Gasteiger partial charge on any atom is -0.493 e. The van der Waals surface area contributed by atoms with Crippen molar-refractivity contribution in [1.82, 2.24) is 14.7 Å². The van der Waals surface area contributed by atoms with E-state index in [2.05, 4.69) is 10.3 Å². The van der Waals surface area contributed by atoms with Gasteiger partial charge in [0.2, 0.25) is 5.88 Å². The molecule has 0 unspecified atom stereocenters. The van der Waals surface area contributed by atoms with Crippen molar-refractivity contribution in [1.29, 1.82) is 5.26 Å². The lowest BCUT2D eigenvalue weighted by molar-refractivity contribution is -0.117. The van der Waals surface area contributed by atoms with Gasteiger partial charge < -0.3 is 14.8 Å². The van der Waals surface area contributed by atoms with Crippen molar-refractivity contribution in [2.75, 3.05) is 7.11 Å².